The van der Waals surface area contributed by atoms with Gasteiger partial charge in [-0.1, -0.05) is 25.3 Å². The smallest absolute Gasteiger partial charge is 0.437 e. The van der Waals surface area contributed by atoms with Crippen molar-refractivity contribution in [2.24, 2.45) is 0 Å². The van der Waals surface area contributed by atoms with Crippen LogP contribution in [0.25, 0.3) is 10.8 Å². The van der Waals surface area contributed by atoms with Gasteiger partial charge in [0.15, 0.2) is 6.61 Å². The minimum absolute atomic E-state index is 0.0409. The van der Waals surface area contributed by atoms with Gasteiger partial charge in [-0.05, 0) is 24.3 Å². The van der Waals surface area contributed by atoms with Gasteiger partial charge in [-0.3, -0.25) is 9.59 Å². The Morgan fingerprint density at radius 2 is 2.15 bits per heavy atom. The molecule has 27 heavy (non-hydrogen) atoms. The zero-order valence-corrected chi connectivity index (χ0v) is 16.1. The Bertz CT molecular complexity index is 820. The molecular formula is C18H23N3O5S. The van der Waals surface area contributed by atoms with Crippen molar-refractivity contribution in [1.82, 2.24) is 14.7 Å². The molecule has 1 saturated carbocycles. The van der Waals surface area contributed by atoms with Crippen molar-refractivity contribution < 1.29 is 18.7 Å². The average Bonchev–Trinajstić information content (AvgIpc) is 3.34. The lowest BCUT2D eigenvalue weighted by molar-refractivity contribution is -0.152. The number of thiophene rings is 1. The third-order valence-corrected chi connectivity index (χ3v) is 5.60. The van der Waals surface area contributed by atoms with Gasteiger partial charge in [0.2, 0.25) is 0 Å². The fourth-order valence-corrected chi connectivity index (χ4v) is 3.78. The van der Waals surface area contributed by atoms with Crippen molar-refractivity contribution in [3.63, 3.8) is 0 Å². The second-order valence-corrected chi connectivity index (χ2v) is 7.53. The quantitative estimate of drug-likeness (QED) is 0.670. The number of rotatable bonds is 7. The van der Waals surface area contributed by atoms with Crippen molar-refractivity contribution in [2.75, 3.05) is 13.7 Å². The average molecular weight is 393 g/mol. The summed E-state index contributed by atoms with van der Waals surface area (Å²) in [5.74, 6) is -1.14. The Kier molecular flexibility index (Phi) is 6.44. The van der Waals surface area contributed by atoms with Crippen molar-refractivity contribution in [3.8, 4) is 10.8 Å². The van der Waals surface area contributed by atoms with Gasteiger partial charge in [0.05, 0.1) is 17.8 Å². The standard InChI is InChI=1S/C18H23N3O5S/c1-20(13-6-3-2-4-7-13)15(22)12-25-16(23)9-10-21-18(24)26-17(19-21)14-8-5-11-27-14/h5,8,11,13H,2-4,6-7,9-10,12H2,1H3. The molecule has 9 heteroatoms. The number of ether oxygens (including phenoxy) is 1. The number of carbonyl (C=O) groups excluding carboxylic acids is 2. The predicted molar refractivity (Wildman–Crippen MR) is 99.3 cm³/mol. The normalized spacial score (nSPS) is 14.9. The number of likely N-dealkylation sites (N-methyl/N-ethyl adjacent to an activating group) is 1. The van der Waals surface area contributed by atoms with E-state index in [0.29, 0.717) is 0 Å². The van der Waals surface area contributed by atoms with Crippen LogP contribution in [-0.2, 0) is 20.9 Å². The molecule has 0 spiro atoms. The van der Waals surface area contributed by atoms with Crippen molar-refractivity contribution in [3.05, 3.63) is 28.1 Å². The number of aryl methyl sites for hydroxylation is 1. The molecule has 1 aliphatic rings. The molecular weight excluding hydrogens is 370 g/mol. The van der Waals surface area contributed by atoms with E-state index in [-0.39, 0.29) is 37.4 Å². The van der Waals surface area contributed by atoms with E-state index >= 15 is 0 Å². The topological polar surface area (TPSA) is 94.6 Å². The molecule has 3 rings (SSSR count). The summed E-state index contributed by atoms with van der Waals surface area (Å²) in [6.07, 6.45) is 5.40. The fraction of sp³-hybridized carbons (Fsp3) is 0.556. The molecule has 2 aromatic rings. The van der Waals surface area contributed by atoms with Gasteiger partial charge in [0, 0.05) is 13.1 Å². The number of aromatic nitrogens is 2. The molecule has 0 saturated heterocycles. The second-order valence-electron chi connectivity index (χ2n) is 6.58. The molecule has 0 N–H and O–H groups in total. The minimum atomic E-state index is -0.626. The van der Waals surface area contributed by atoms with Crippen LogP contribution in [0.3, 0.4) is 0 Å². The summed E-state index contributed by atoms with van der Waals surface area (Å²) in [5, 5.41) is 5.93. The number of carbonyl (C=O) groups is 2. The van der Waals surface area contributed by atoms with Gasteiger partial charge < -0.3 is 14.1 Å². The van der Waals surface area contributed by atoms with Gasteiger partial charge in [-0.2, -0.15) is 4.68 Å². The molecule has 0 unspecified atom stereocenters. The molecule has 0 aliphatic heterocycles. The summed E-state index contributed by atoms with van der Waals surface area (Å²) >= 11 is 1.41. The first-order valence-corrected chi connectivity index (χ1v) is 9.95. The molecule has 1 fully saturated rings. The lowest BCUT2D eigenvalue weighted by atomic mass is 9.94. The van der Waals surface area contributed by atoms with Crippen molar-refractivity contribution in [2.45, 2.75) is 51.1 Å². The van der Waals surface area contributed by atoms with Gasteiger partial charge in [-0.25, -0.2) is 4.79 Å². The molecule has 2 aromatic heterocycles. The summed E-state index contributed by atoms with van der Waals surface area (Å²) in [6.45, 7) is -0.237. The summed E-state index contributed by atoms with van der Waals surface area (Å²) in [7, 11) is 1.76. The molecule has 0 aromatic carbocycles. The van der Waals surface area contributed by atoms with Gasteiger partial charge >= 0.3 is 11.7 Å². The zero-order valence-electron chi connectivity index (χ0n) is 15.3. The molecule has 0 atom stereocenters. The van der Waals surface area contributed by atoms with E-state index in [2.05, 4.69) is 5.10 Å². The van der Waals surface area contributed by atoms with Gasteiger partial charge in [-0.15, -0.1) is 16.4 Å². The summed E-state index contributed by atoms with van der Waals surface area (Å²) < 4.78 is 11.2. The van der Waals surface area contributed by atoms with Crippen LogP contribution >= 0.6 is 11.3 Å². The SMILES string of the molecule is CN(C(=O)COC(=O)CCn1nc(-c2cccs2)oc1=O)C1CCCCC1. The fourth-order valence-electron chi connectivity index (χ4n) is 3.13. The molecule has 1 amide bonds. The first kappa shape index (κ1) is 19.3. The third-order valence-electron chi connectivity index (χ3n) is 4.74. The first-order chi connectivity index (χ1) is 13.0. The van der Waals surface area contributed by atoms with E-state index < -0.39 is 11.7 Å². The maximum absolute atomic E-state index is 12.2. The van der Waals surface area contributed by atoms with E-state index in [9.17, 15) is 14.4 Å². The second kappa shape index (κ2) is 8.98. The van der Waals surface area contributed by atoms with Crippen LogP contribution in [-0.4, -0.2) is 46.3 Å². The highest BCUT2D eigenvalue weighted by Gasteiger charge is 2.23. The summed E-state index contributed by atoms with van der Waals surface area (Å²) in [5.41, 5.74) is 0. The first-order valence-electron chi connectivity index (χ1n) is 9.07. The molecule has 1 aliphatic carbocycles. The monoisotopic (exact) mass is 393 g/mol. The minimum Gasteiger partial charge on any atom is -0.456 e. The third kappa shape index (κ3) is 5.06. The highest BCUT2D eigenvalue weighted by Crippen LogP contribution is 2.22. The maximum Gasteiger partial charge on any atom is 0.437 e. The van der Waals surface area contributed by atoms with Gasteiger partial charge in [0.25, 0.3) is 11.8 Å². The van der Waals surface area contributed by atoms with Crippen LogP contribution in [0.1, 0.15) is 38.5 Å². The largest absolute Gasteiger partial charge is 0.456 e. The number of nitrogens with zero attached hydrogens (tertiary/aromatic N) is 3. The van der Waals surface area contributed by atoms with Crippen LogP contribution in [0.4, 0.5) is 0 Å². The van der Waals surface area contributed by atoms with E-state index in [1.807, 2.05) is 11.4 Å². The van der Waals surface area contributed by atoms with E-state index in [1.165, 1.54) is 17.8 Å². The van der Waals surface area contributed by atoms with Crippen molar-refractivity contribution >= 4 is 23.2 Å². The van der Waals surface area contributed by atoms with Crippen LogP contribution in [0.5, 0.6) is 0 Å². The Hall–Kier alpha value is -2.42. The molecule has 8 nitrogen and oxygen atoms in total. The van der Waals surface area contributed by atoms with Crippen LogP contribution < -0.4 is 5.76 Å². The molecule has 0 bridgehead atoms. The highest BCUT2D eigenvalue weighted by atomic mass is 32.1. The van der Waals surface area contributed by atoms with Crippen molar-refractivity contribution in [1.29, 1.82) is 0 Å². The Labute approximate surface area is 160 Å². The highest BCUT2D eigenvalue weighted by molar-refractivity contribution is 7.13. The van der Waals surface area contributed by atoms with E-state index in [4.69, 9.17) is 9.15 Å². The molecule has 2 heterocycles. The number of esters is 1. The summed E-state index contributed by atoms with van der Waals surface area (Å²) in [4.78, 5) is 38.3. The van der Waals surface area contributed by atoms with Crippen LogP contribution in [0, 0.1) is 0 Å². The predicted octanol–water partition coefficient (Wildman–Crippen LogP) is 2.29. The molecule has 0 radical (unpaired) electrons. The number of hydrogen-bond donors (Lipinski definition) is 0. The Morgan fingerprint density at radius 1 is 1.37 bits per heavy atom. The lowest BCUT2D eigenvalue weighted by Crippen LogP contribution is -2.40. The summed E-state index contributed by atoms with van der Waals surface area (Å²) in [6, 6.07) is 3.86. The Balaban J connectivity index is 1.44. The molecule has 146 valence electrons. The van der Waals surface area contributed by atoms with Gasteiger partial charge in [0.1, 0.15) is 0 Å². The van der Waals surface area contributed by atoms with Crippen LogP contribution in [0.2, 0.25) is 0 Å². The van der Waals surface area contributed by atoms with Crippen LogP contribution in [0.15, 0.2) is 26.7 Å². The Morgan fingerprint density at radius 3 is 2.85 bits per heavy atom. The number of hydrogen-bond acceptors (Lipinski definition) is 7. The maximum atomic E-state index is 12.2. The lowest BCUT2D eigenvalue weighted by Gasteiger charge is -2.31. The van der Waals surface area contributed by atoms with E-state index in [0.717, 1.165) is 35.2 Å². The van der Waals surface area contributed by atoms with E-state index in [1.54, 1.807) is 18.0 Å². The number of amides is 1. The zero-order chi connectivity index (χ0) is 19.2.